The van der Waals surface area contributed by atoms with Crippen LogP contribution in [0.2, 0.25) is 0 Å². The molecule has 0 N–H and O–H groups in total. The van der Waals surface area contributed by atoms with Crippen LogP contribution in [0.15, 0.2) is 30.3 Å². The molecule has 0 aliphatic heterocycles. The lowest BCUT2D eigenvalue weighted by atomic mass is 9.99. The number of halogens is 2. The monoisotopic (exact) mass is 292 g/mol. The van der Waals surface area contributed by atoms with Crippen molar-refractivity contribution < 1.29 is 23.0 Å². The highest BCUT2D eigenvalue weighted by Gasteiger charge is 2.23. The molecule has 0 aliphatic rings. The molecule has 0 radical (unpaired) electrons. The van der Waals surface area contributed by atoms with Crippen molar-refractivity contribution in [3.63, 3.8) is 0 Å². The Hall–Kier alpha value is -2.43. The van der Waals surface area contributed by atoms with E-state index in [2.05, 4.69) is 0 Å². The predicted octanol–water partition coefficient (Wildman–Crippen LogP) is 3.52. The lowest BCUT2D eigenvalue weighted by Gasteiger charge is -2.12. The summed E-state index contributed by atoms with van der Waals surface area (Å²) in [6, 6.07) is 6.63. The van der Waals surface area contributed by atoms with E-state index in [-0.39, 0.29) is 28.2 Å². The Bertz CT molecular complexity index is 674. The maximum Gasteiger partial charge on any atom is 0.203 e. The zero-order valence-corrected chi connectivity index (χ0v) is 11.9. The second kappa shape index (κ2) is 5.91. The summed E-state index contributed by atoms with van der Waals surface area (Å²) >= 11 is 0. The molecule has 0 heterocycles. The molecule has 2 aromatic carbocycles. The first-order valence-corrected chi connectivity index (χ1v) is 6.21. The Morgan fingerprint density at radius 3 is 2.10 bits per heavy atom. The van der Waals surface area contributed by atoms with Crippen molar-refractivity contribution in [1.29, 1.82) is 0 Å². The van der Waals surface area contributed by atoms with E-state index in [0.29, 0.717) is 0 Å². The van der Waals surface area contributed by atoms with Gasteiger partial charge >= 0.3 is 0 Å². The van der Waals surface area contributed by atoms with E-state index in [1.807, 2.05) is 0 Å². The number of carbonyl (C=O) groups excluding carboxylic acids is 1. The lowest BCUT2D eigenvalue weighted by Crippen LogP contribution is -2.09. The number of benzene rings is 2. The first kappa shape index (κ1) is 15.0. The summed E-state index contributed by atoms with van der Waals surface area (Å²) in [5.41, 5.74) is -0.165. The van der Waals surface area contributed by atoms with Gasteiger partial charge < -0.3 is 9.47 Å². The summed E-state index contributed by atoms with van der Waals surface area (Å²) in [5.74, 6) is -1.65. The molecule has 3 nitrogen and oxygen atoms in total. The zero-order valence-electron chi connectivity index (χ0n) is 11.9. The zero-order chi connectivity index (χ0) is 15.6. The molecule has 110 valence electrons. The maximum absolute atomic E-state index is 14.0. The number of methoxy groups -OCH3 is 2. The van der Waals surface area contributed by atoms with Crippen molar-refractivity contribution in [2.24, 2.45) is 0 Å². The third kappa shape index (κ3) is 2.72. The van der Waals surface area contributed by atoms with Gasteiger partial charge in [0, 0.05) is 0 Å². The molecule has 0 fully saturated rings. The molecule has 0 spiro atoms. The molecule has 0 aromatic heterocycles. The van der Waals surface area contributed by atoms with Gasteiger partial charge in [-0.2, -0.15) is 0 Å². The van der Waals surface area contributed by atoms with Crippen LogP contribution in [0.5, 0.6) is 11.5 Å². The average Bonchev–Trinajstić information content (AvgIpc) is 2.49. The molecule has 2 rings (SSSR count). The van der Waals surface area contributed by atoms with Gasteiger partial charge in [-0.15, -0.1) is 0 Å². The third-order valence-electron chi connectivity index (χ3n) is 3.15. The Morgan fingerprint density at radius 1 is 1.00 bits per heavy atom. The van der Waals surface area contributed by atoms with E-state index in [1.54, 1.807) is 18.2 Å². The van der Waals surface area contributed by atoms with Crippen molar-refractivity contribution in [3.05, 3.63) is 58.7 Å². The van der Waals surface area contributed by atoms with E-state index >= 15 is 0 Å². The minimum Gasteiger partial charge on any atom is -0.496 e. The van der Waals surface area contributed by atoms with Crippen LogP contribution in [0, 0.1) is 18.6 Å². The van der Waals surface area contributed by atoms with E-state index in [9.17, 15) is 13.6 Å². The summed E-state index contributed by atoms with van der Waals surface area (Å²) in [6.07, 6.45) is 0. The Balaban J connectivity index is 2.63. The van der Waals surface area contributed by atoms with Crippen LogP contribution in [-0.4, -0.2) is 20.0 Å². The van der Waals surface area contributed by atoms with Gasteiger partial charge in [0.25, 0.3) is 0 Å². The third-order valence-corrected chi connectivity index (χ3v) is 3.15. The molecule has 0 amide bonds. The number of rotatable bonds is 4. The van der Waals surface area contributed by atoms with Gasteiger partial charge in [-0.05, 0) is 36.8 Å². The van der Waals surface area contributed by atoms with Gasteiger partial charge in [0.15, 0.2) is 0 Å². The fourth-order valence-electron chi connectivity index (χ4n) is 2.03. The number of aryl methyl sites for hydroxylation is 1. The van der Waals surface area contributed by atoms with Gasteiger partial charge in [0.1, 0.15) is 28.7 Å². The van der Waals surface area contributed by atoms with E-state index in [1.165, 1.54) is 21.1 Å². The van der Waals surface area contributed by atoms with Crippen LogP contribution >= 0.6 is 0 Å². The fraction of sp³-hybridized carbons (Fsp3) is 0.188. The number of ether oxygens (including phenoxy) is 2. The predicted molar refractivity (Wildman–Crippen MR) is 74.1 cm³/mol. The molecule has 21 heavy (non-hydrogen) atoms. The lowest BCUT2D eigenvalue weighted by molar-refractivity contribution is 0.102. The van der Waals surface area contributed by atoms with Crippen LogP contribution in [0.1, 0.15) is 21.5 Å². The van der Waals surface area contributed by atoms with Crippen molar-refractivity contribution in [2.45, 2.75) is 6.92 Å². The van der Waals surface area contributed by atoms with Gasteiger partial charge in [-0.25, -0.2) is 8.78 Å². The number of carbonyl (C=O) groups is 1. The standard InChI is InChI=1S/C16H14F2O3/c1-9-7-12(18)10(8-11(9)17)16(19)15-13(20-2)5-4-6-14(15)21-3/h4-8H,1-3H3. The van der Waals surface area contributed by atoms with Gasteiger partial charge in [-0.1, -0.05) is 6.07 Å². The molecule has 0 aliphatic carbocycles. The number of hydrogen-bond acceptors (Lipinski definition) is 3. The smallest absolute Gasteiger partial charge is 0.203 e. The number of hydrogen-bond donors (Lipinski definition) is 0. The molecule has 5 heteroatoms. The molecule has 0 atom stereocenters. The highest BCUT2D eigenvalue weighted by molar-refractivity contribution is 6.12. The second-order valence-corrected chi connectivity index (χ2v) is 4.45. The summed E-state index contributed by atoms with van der Waals surface area (Å²) in [7, 11) is 2.77. The molecule has 0 saturated carbocycles. The Labute approximate surface area is 121 Å². The average molecular weight is 292 g/mol. The van der Waals surface area contributed by atoms with E-state index in [0.717, 1.165) is 12.1 Å². The summed E-state index contributed by atoms with van der Waals surface area (Å²) in [5, 5.41) is 0. The maximum atomic E-state index is 14.0. The van der Waals surface area contributed by atoms with Crippen molar-refractivity contribution >= 4 is 5.78 Å². The van der Waals surface area contributed by atoms with Crippen molar-refractivity contribution in [3.8, 4) is 11.5 Å². The molecular weight excluding hydrogens is 278 g/mol. The van der Waals surface area contributed by atoms with Gasteiger partial charge in [0.05, 0.1) is 19.8 Å². The Morgan fingerprint density at radius 2 is 1.57 bits per heavy atom. The molecular formula is C16H14F2O3. The van der Waals surface area contributed by atoms with Crippen LogP contribution in [0.25, 0.3) is 0 Å². The van der Waals surface area contributed by atoms with Crippen LogP contribution < -0.4 is 9.47 Å². The fourth-order valence-corrected chi connectivity index (χ4v) is 2.03. The van der Waals surface area contributed by atoms with E-state index in [4.69, 9.17) is 9.47 Å². The van der Waals surface area contributed by atoms with E-state index < -0.39 is 17.4 Å². The van der Waals surface area contributed by atoms with Crippen molar-refractivity contribution in [2.75, 3.05) is 14.2 Å². The van der Waals surface area contributed by atoms with Crippen molar-refractivity contribution in [1.82, 2.24) is 0 Å². The first-order chi connectivity index (χ1) is 9.99. The quantitative estimate of drug-likeness (QED) is 0.809. The SMILES string of the molecule is COc1cccc(OC)c1C(=O)c1cc(F)c(C)cc1F. The highest BCUT2D eigenvalue weighted by atomic mass is 19.1. The summed E-state index contributed by atoms with van der Waals surface area (Å²) in [4.78, 5) is 12.5. The molecule has 0 unspecified atom stereocenters. The summed E-state index contributed by atoms with van der Waals surface area (Å²) < 4.78 is 37.8. The largest absolute Gasteiger partial charge is 0.496 e. The van der Waals surface area contributed by atoms with Gasteiger partial charge in [0.2, 0.25) is 5.78 Å². The number of ketones is 1. The Kier molecular flexibility index (Phi) is 4.21. The topological polar surface area (TPSA) is 35.5 Å². The normalized spacial score (nSPS) is 10.3. The van der Waals surface area contributed by atoms with Crippen LogP contribution in [-0.2, 0) is 0 Å². The van der Waals surface area contributed by atoms with Crippen LogP contribution in [0.3, 0.4) is 0 Å². The molecule has 2 aromatic rings. The highest BCUT2D eigenvalue weighted by Crippen LogP contribution is 2.31. The van der Waals surface area contributed by atoms with Gasteiger partial charge in [-0.3, -0.25) is 4.79 Å². The van der Waals surface area contributed by atoms with Crippen LogP contribution in [0.4, 0.5) is 8.78 Å². The molecule has 0 saturated heterocycles. The summed E-state index contributed by atoms with van der Waals surface area (Å²) in [6.45, 7) is 1.43. The molecule has 0 bridgehead atoms. The second-order valence-electron chi connectivity index (χ2n) is 4.45. The minimum absolute atomic E-state index is 0.0599. The first-order valence-electron chi connectivity index (χ1n) is 6.21. The minimum atomic E-state index is -0.785.